The molecule has 2 nitrogen and oxygen atoms in total. The van der Waals surface area contributed by atoms with Crippen LogP contribution in [0.15, 0.2) is 18.3 Å². The molecule has 1 aliphatic rings. The predicted octanol–water partition coefficient (Wildman–Crippen LogP) is 3.24. The topological polar surface area (TPSA) is 24.9 Å². The van der Waals surface area contributed by atoms with Gasteiger partial charge in [0.25, 0.3) is 0 Å². The first-order valence-corrected chi connectivity index (χ1v) is 6.12. The number of hydrogen-bond donors (Lipinski definition) is 1. The third-order valence-corrected chi connectivity index (χ3v) is 3.19. The molecule has 3 heteroatoms. The summed E-state index contributed by atoms with van der Waals surface area (Å²) in [7, 11) is 0. The highest BCUT2D eigenvalue weighted by molar-refractivity contribution is 6.32. The van der Waals surface area contributed by atoms with Crippen molar-refractivity contribution in [2.24, 2.45) is 0 Å². The molecule has 1 N–H and O–H groups in total. The molecule has 0 unspecified atom stereocenters. The van der Waals surface area contributed by atoms with E-state index in [1.54, 1.807) is 0 Å². The van der Waals surface area contributed by atoms with E-state index >= 15 is 0 Å². The monoisotopic (exact) mass is 236 g/mol. The predicted molar refractivity (Wildman–Crippen MR) is 68.8 cm³/mol. The van der Waals surface area contributed by atoms with Gasteiger partial charge >= 0.3 is 0 Å². The molecular weight excluding hydrogens is 220 g/mol. The summed E-state index contributed by atoms with van der Waals surface area (Å²) in [5.74, 6) is 0.473. The van der Waals surface area contributed by atoms with E-state index in [2.05, 4.69) is 30.2 Å². The lowest BCUT2D eigenvalue weighted by Gasteiger charge is -2.15. The van der Waals surface area contributed by atoms with Crippen LogP contribution < -0.4 is 5.32 Å². The van der Waals surface area contributed by atoms with E-state index in [1.165, 1.54) is 11.1 Å². The van der Waals surface area contributed by atoms with Gasteiger partial charge < -0.3 is 5.32 Å². The Morgan fingerprint density at radius 1 is 1.44 bits per heavy atom. The molecule has 86 valence electrons. The van der Waals surface area contributed by atoms with Crippen LogP contribution in [0.5, 0.6) is 0 Å². The van der Waals surface area contributed by atoms with Crippen molar-refractivity contribution in [1.29, 1.82) is 0 Å². The first-order chi connectivity index (χ1) is 7.68. The lowest BCUT2D eigenvalue weighted by molar-refractivity contribution is 0.736. The van der Waals surface area contributed by atoms with Crippen molar-refractivity contribution in [3.63, 3.8) is 0 Å². The quantitative estimate of drug-likeness (QED) is 0.853. The first-order valence-electron chi connectivity index (χ1n) is 5.74. The highest BCUT2D eigenvalue weighted by atomic mass is 35.5. The van der Waals surface area contributed by atoms with Crippen molar-refractivity contribution < 1.29 is 0 Å². The maximum atomic E-state index is 6.28. The van der Waals surface area contributed by atoms with Crippen molar-refractivity contribution in [2.75, 3.05) is 13.1 Å². The summed E-state index contributed by atoms with van der Waals surface area (Å²) in [6, 6.07) is 2.04. The molecule has 0 saturated carbocycles. The van der Waals surface area contributed by atoms with Crippen LogP contribution >= 0.6 is 11.6 Å². The standard InChI is InChI=1S/C13H17ClN2/c1-9(2)11-7-12(14)13(16-8-11)10-3-5-15-6-4-10/h3,7-9,15H,4-6H2,1-2H3. The number of pyridine rings is 1. The molecule has 0 fully saturated rings. The van der Waals surface area contributed by atoms with Gasteiger partial charge in [-0.2, -0.15) is 0 Å². The number of nitrogens with one attached hydrogen (secondary N) is 1. The number of halogens is 1. The Balaban J connectivity index is 2.32. The Hall–Kier alpha value is -0.860. The summed E-state index contributed by atoms with van der Waals surface area (Å²) < 4.78 is 0. The molecule has 0 spiro atoms. The minimum absolute atomic E-state index is 0.473. The number of hydrogen-bond acceptors (Lipinski definition) is 2. The van der Waals surface area contributed by atoms with E-state index in [0.29, 0.717) is 5.92 Å². The van der Waals surface area contributed by atoms with Crippen molar-refractivity contribution in [2.45, 2.75) is 26.2 Å². The van der Waals surface area contributed by atoms with E-state index in [1.807, 2.05) is 12.3 Å². The van der Waals surface area contributed by atoms with Crippen LogP contribution in [0.1, 0.15) is 37.4 Å². The van der Waals surface area contributed by atoms with Crippen molar-refractivity contribution in [1.82, 2.24) is 10.3 Å². The average molecular weight is 237 g/mol. The largest absolute Gasteiger partial charge is 0.313 e. The number of rotatable bonds is 2. The molecule has 0 aliphatic carbocycles. The second-order valence-corrected chi connectivity index (χ2v) is 4.84. The normalized spacial score (nSPS) is 16.4. The molecular formula is C13H17ClN2. The summed E-state index contributed by atoms with van der Waals surface area (Å²) in [6.45, 7) is 6.22. The Morgan fingerprint density at radius 3 is 2.81 bits per heavy atom. The van der Waals surface area contributed by atoms with Crippen LogP contribution in [0.3, 0.4) is 0 Å². The Labute approximate surface area is 102 Å². The number of aromatic nitrogens is 1. The Kier molecular flexibility index (Phi) is 3.62. The summed E-state index contributed by atoms with van der Waals surface area (Å²) in [6.07, 6.45) is 5.12. The van der Waals surface area contributed by atoms with Gasteiger partial charge in [0.2, 0.25) is 0 Å². The van der Waals surface area contributed by atoms with E-state index in [9.17, 15) is 0 Å². The maximum absolute atomic E-state index is 6.28. The lowest BCUT2D eigenvalue weighted by atomic mass is 10.0. The highest BCUT2D eigenvalue weighted by Gasteiger charge is 2.12. The van der Waals surface area contributed by atoms with Gasteiger partial charge in [-0.3, -0.25) is 4.98 Å². The molecule has 1 aromatic heterocycles. The minimum Gasteiger partial charge on any atom is -0.313 e. The van der Waals surface area contributed by atoms with Gasteiger partial charge in [0.05, 0.1) is 10.7 Å². The van der Waals surface area contributed by atoms with E-state index in [4.69, 9.17) is 11.6 Å². The third kappa shape index (κ3) is 2.45. The fourth-order valence-corrected chi connectivity index (χ4v) is 2.14. The van der Waals surface area contributed by atoms with Gasteiger partial charge in [-0.05, 0) is 36.1 Å². The van der Waals surface area contributed by atoms with Crippen LogP contribution in [0.25, 0.3) is 5.57 Å². The van der Waals surface area contributed by atoms with Crippen molar-refractivity contribution in [3.05, 3.63) is 34.6 Å². The third-order valence-electron chi connectivity index (χ3n) is 2.90. The smallest absolute Gasteiger partial charge is 0.0845 e. The fraction of sp³-hybridized carbons (Fsp3) is 0.462. The minimum atomic E-state index is 0.473. The molecule has 0 amide bonds. The second kappa shape index (κ2) is 4.98. The summed E-state index contributed by atoms with van der Waals surface area (Å²) >= 11 is 6.28. The van der Waals surface area contributed by atoms with Crippen LogP contribution in [0, 0.1) is 0 Å². The van der Waals surface area contributed by atoms with E-state index in [0.717, 1.165) is 30.2 Å². The first kappa shape index (κ1) is 11.6. The molecule has 1 aliphatic heterocycles. The fourth-order valence-electron chi connectivity index (χ4n) is 1.84. The van der Waals surface area contributed by atoms with Gasteiger partial charge in [-0.25, -0.2) is 0 Å². The van der Waals surface area contributed by atoms with Gasteiger partial charge in [0.15, 0.2) is 0 Å². The van der Waals surface area contributed by atoms with Gasteiger partial charge in [0, 0.05) is 12.7 Å². The van der Waals surface area contributed by atoms with Crippen molar-refractivity contribution in [3.8, 4) is 0 Å². The zero-order chi connectivity index (χ0) is 11.5. The van der Waals surface area contributed by atoms with Gasteiger partial charge in [-0.1, -0.05) is 31.5 Å². The SMILES string of the molecule is CC(C)c1cnc(C2=CCNCC2)c(Cl)c1. The molecule has 16 heavy (non-hydrogen) atoms. The molecule has 2 heterocycles. The molecule has 0 aromatic carbocycles. The Morgan fingerprint density at radius 2 is 2.25 bits per heavy atom. The molecule has 0 bridgehead atoms. The molecule has 0 atom stereocenters. The molecule has 0 radical (unpaired) electrons. The Bertz CT molecular complexity index is 410. The van der Waals surface area contributed by atoms with E-state index < -0.39 is 0 Å². The highest BCUT2D eigenvalue weighted by Crippen LogP contribution is 2.27. The zero-order valence-corrected chi connectivity index (χ0v) is 10.5. The van der Waals surface area contributed by atoms with Crippen LogP contribution in [-0.4, -0.2) is 18.1 Å². The lowest BCUT2D eigenvalue weighted by Crippen LogP contribution is -2.20. The number of nitrogens with zero attached hydrogens (tertiary/aromatic N) is 1. The van der Waals surface area contributed by atoms with Crippen molar-refractivity contribution >= 4 is 17.2 Å². The zero-order valence-electron chi connectivity index (χ0n) is 9.76. The molecule has 2 rings (SSSR count). The molecule has 0 saturated heterocycles. The van der Waals surface area contributed by atoms with Crippen LogP contribution in [-0.2, 0) is 0 Å². The summed E-state index contributed by atoms with van der Waals surface area (Å²) in [4.78, 5) is 4.50. The van der Waals surface area contributed by atoms with Crippen LogP contribution in [0.4, 0.5) is 0 Å². The van der Waals surface area contributed by atoms with Gasteiger partial charge in [-0.15, -0.1) is 0 Å². The average Bonchev–Trinajstić information content (AvgIpc) is 2.30. The van der Waals surface area contributed by atoms with Gasteiger partial charge in [0.1, 0.15) is 0 Å². The molecule has 1 aromatic rings. The maximum Gasteiger partial charge on any atom is 0.0845 e. The summed E-state index contributed by atoms with van der Waals surface area (Å²) in [5.41, 5.74) is 3.41. The van der Waals surface area contributed by atoms with Crippen LogP contribution in [0.2, 0.25) is 5.02 Å². The van der Waals surface area contributed by atoms with E-state index in [-0.39, 0.29) is 0 Å². The summed E-state index contributed by atoms with van der Waals surface area (Å²) in [5, 5.41) is 4.06. The second-order valence-electron chi connectivity index (χ2n) is 4.44.